The highest BCUT2D eigenvalue weighted by Crippen LogP contribution is 2.30. The van der Waals surface area contributed by atoms with Crippen LogP contribution >= 0.6 is 24.2 Å². The van der Waals surface area contributed by atoms with E-state index in [4.69, 9.17) is 10.2 Å². The summed E-state index contributed by atoms with van der Waals surface area (Å²) in [6, 6.07) is 2.00. The number of halogens is 1. The summed E-state index contributed by atoms with van der Waals surface area (Å²) >= 11 is 1.94. The lowest BCUT2D eigenvalue weighted by atomic mass is 10.2. The van der Waals surface area contributed by atoms with Gasteiger partial charge < -0.3 is 15.5 Å². The van der Waals surface area contributed by atoms with E-state index in [9.17, 15) is 4.79 Å². The standard InChI is InChI=1S/C13H20N2O2S.ClH/c1-2-18-12-5-3-4-11(12)15-13(16)9-6-10(7-14)17-8-9;/h6,8,11-12H,2-5,7,14H2,1H3,(H,15,16);1H. The zero-order valence-electron chi connectivity index (χ0n) is 11.1. The molecule has 0 radical (unpaired) electrons. The van der Waals surface area contributed by atoms with Crippen molar-refractivity contribution in [1.29, 1.82) is 0 Å². The first-order valence-electron chi connectivity index (χ1n) is 6.44. The van der Waals surface area contributed by atoms with Gasteiger partial charge in [-0.1, -0.05) is 13.3 Å². The first kappa shape index (κ1) is 16.4. The van der Waals surface area contributed by atoms with Crippen LogP contribution in [0.2, 0.25) is 0 Å². The molecule has 3 N–H and O–H groups in total. The molecule has 4 nitrogen and oxygen atoms in total. The summed E-state index contributed by atoms with van der Waals surface area (Å²) in [6.45, 7) is 2.48. The Morgan fingerprint density at radius 3 is 3.00 bits per heavy atom. The first-order valence-corrected chi connectivity index (χ1v) is 7.49. The molecule has 0 spiro atoms. The Morgan fingerprint density at radius 2 is 2.37 bits per heavy atom. The summed E-state index contributed by atoms with van der Waals surface area (Å²) in [5, 5.41) is 3.66. The molecular formula is C13H21ClN2O2S. The largest absolute Gasteiger partial charge is 0.467 e. The fourth-order valence-electron chi connectivity index (χ4n) is 2.36. The molecule has 0 aromatic carbocycles. The quantitative estimate of drug-likeness (QED) is 0.877. The van der Waals surface area contributed by atoms with Gasteiger partial charge in [-0.25, -0.2) is 0 Å². The van der Waals surface area contributed by atoms with Gasteiger partial charge in [0.25, 0.3) is 5.91 Å². The molecule has 1 aliphatic rings. The Morgan fingerprint density at radius 1 is 1.58 bits per heavy atom. The van der Waals surface area contributed by atoms with Gasteiger partial charge >= 0.3 is 0 Å². The monoisotopic (exact) mass is 304 g/mol. The molecule has 1 aliphatic carbocycles. The molecule has 1 heterocycles. The van der Waals surface area contributed by atoms with Gasteiger partial charge in [0.1, 0.15) is 12.0 Å². The average molecular weight is 305 g/mol. The normalized spacial score (nSPS) is 22.0. The van der Waals surface area contributed by atoms with E-state index in [1.807, 2.05) is 11.8 Å². The van der Waals surface area contributed by atoms with Gasteiger partial charge in [0.2, 0.25) is 0 Å². The van der Waals surface area contributed by atoms with E-state index in [1.165, 1.54) is 19.1 Å². The predicted molar refractivity (Wildman–Crippen MR) is 80.9 cm³/mol. The predicted octanol–water partition coefficient (Wildman–Crippen LogP) is 2.56. The third-order valence-corrected chi connectivity index (χ3v) is 4.59. The summed E-state index contributed by atoms with van der Waals surface area (Å²) in [4.78, 5) is 12.1. The molecule has 0 aliphatic heterocycles. The molecule has 0 bridgehead atoms. The topological polar surface area (TPSA) is 68.3 Å². The van der Waals surface area contributed by atoms with Crippen molar-refractivity contribution in [3.05, 3.63) is 23.7 Å². The van der Waals surface area contributed by atoms with Crippen molar-refractivity contribution in [2.45, 2.75) is 44.0 Å². The van der Waals surface area contributed by atoms with E-state index in [-0.39, 0.29) is 18.3 Å². The van der Waals surface area contributed by atoms with Crippen LogP contribution in [-0.2, 0) is 6.54 Å². The minimum absolute atomic E-state index is 0. The Hall–Kier alpha value is -0.650. The van der Waals surface area contributed by atoms with Crippen LogP contribution in [0.1, 0.15) is 42.3 Å². The number of carbonyl (C=O) groups excluding carboxylic acids is 1. The van der Waals surface area contributed by atoms with Gasteiger partial charge in [0, 0.05) is 11.3 Å². The Kier molecular flexibility index (Phi) is 6.75. The maximum Gasteiger partial charge on any atom is 0.254 e. The summed E-state index contributed by atoms with van der Waals surface area (Å²) in [5.74, 6) is 1.69. The molecule has 2 atom stereocenters. The van der Waals surface area contributed by atoms with Gasteiger partial charge in [-0.05, 0) is 24.7 Å². The van der Waals surface area contributed by atoms with Crippen LogP contribution in [0.15, 0.2) is 16.7 Å². The first-order chi connectivity index (χ1) is 8.74. The molecule has 2 rings (SSSR count). The molecular weight excluding hydrogens is 284 g/mol. The fraction of sp³-hybridized carbons (Fsp3) is 0.615. The highest BCUT2D eigenvalue weighted by Gasteiger charge is 2.28. The lowest BCUT2D eigenvalue weighted by Crippen LogP contribution is -2.38. The SMILES string of the molecule is CCSC1CCCC1NC(=O)c1coc(CN)c1.Cl. The molecule has 108 valence electrons. The fourth-order valence-corrected chi connectivity index (χ4v) is 3.56. The van der Waals surface area contributed by atoms with Crippen molar-refractivity contribution >= 4 is 30.1 Å². The second-order valence-corrected chi connectivity index (χ2v) is 6.03. The average Bonchev–Trinajstić information content (AvgIpc) is 2.99. The van der Waals surface area contributed by atoms with Gasteiger partial charge in [0.15, 0.2) is 0 Å². The van der Waals surface area contributed by atoms with Gasteiger partial charge in [-0.3, -0.25) is 4.79 Å². The number of carbonyl (C=O) groups is 1. The van der Waals surface area contributed by atoms with E-state index in [0.717, 1.165) is 12.2 Å². The number of furan rings is 1. The molecule has 0 saturated heterocycles. The lowest BCUT2D eigenvalue weighted by molar-refractivity contribution is 0.0938. The highest BCUT2D eigenvalue weighted by atomic mass is 35.5. The molecule has 2 unspecified atom stereocenters. The van der Waals surface area contributed by atoms with Crippen molar-refractivity contribution in [3.8, 4) is 0 Å². The van der Waals surface area contributed by atoms with Crippen LogP contribution in [0.4, 0.5) is 0 Å². The number of thioether (sulfide) groups is 1. The highest BCUT2D eigenvalue weighted by molar-refractivity contribution is 7.99. The van der Waals surface area contributed by atoms with Crippen molar-refractivity contribution in [2.24, 2.45) is 5.73 Å². The van der Waals surface area contributed by atoms with Crippen LogP contribution in [0.5, 0.6) is 0 Å². The van der Waals surface area contributed by atoms with E-state index in [0.29, 0.717) is 29.2 Å². The maximum atomic E-state index is 12.1. The van der Waals surface area contributed by atoms with Crippen LogP contribution in [0.3, 0.4) is 0 Å². The van der Waals surface area contributed by atoms with Gasteiger partial charge in [-0.2, -0.15) is 11.8 Å². The van der Waals surface area contributed by atoms with Crippen molar-refractivity contribution in [2.75, 3.05) is 5.75 Å². The summed E-state index contributed by atoms with van der Waals surface area (Å²) in [5.41, 5.74) is 6.03. The molecule has 1 aromatic heterocycles. The molecule has 1 amide bonds. The second-order valence-electron chi connectivity index (χ2n) is 4.51. The van der Waals surface area contributed by atoms with Gasteiger partial charge in [0.05, 0.1) is 12.1 Å². The minimum Gasteiger partial charge on any atom is -0.467 e. The Labute approximate surface area is 124 Å². The van der Waals surface area contributed by atoms with Crippen molar-refractivity contribution < 1.29 is 9.21 Å². The van der Waals surface area contributed by atoms with Crippen LogP contribution in [0.25, 0.3) is 0 Å². The van der Waals surface area contributed by atoms with E-state index >= 15 is 0 Å². The third kappa shape index (κ3) is 4.16. The van der Waals surface area contributed by atoms with E-state index in [2.05, 4.69) is 12.2 Å². The smallest absolute Gasteiger partial charge is 0.254 e. The molecule has 1 saturated carbocycles. The summed E-state index contributed by atoms with van der Waals surface area (Å²) in [7, 11) is 0. The van der Waals surface area contributed by atoms with E-state index in [1.54, 1.807) is 6.07 Å². The maximum absolute atomic E-state index is 12.1. The molecule has 6 heteroatoms. The Bertz CT molecular complexity index is 411. The molecule has 1 fully saturated rings. The molecule has 19 heavy (non-hydrogen) atoms. The van der Waals surface area contributed by atoms with Crippen molar-refractivity contribution in [1.82, 2.24) is 5.32 Å². The van der Waals surface area contributed by atoms with Gasteiger partial charge in [-0.15, -0.1) is 12.4 Å². The number of hydrogen-bond acceptors (Lipinski definition) is 4. The van der Waals surface area contributed by atoms with E-state index < -0.39 is 0 Å². The number of nitrogens with one attached hydrogen (secondary N) is 1. The summed E-state index contributed by atoms with van der Waals surface area (Å²) in [6.07, 6.45) is 4.95. The number of amides is 1. The van der Waals surface area contributed by atoms with Crippen molar-refractivity contribution in [3.63, 3.8) is 0 Å². The minimum atomic E-state index is -0.0490. The third-order valence-electron chi connectivity index (χ3n) is 3.27. The van der Waals surface area contributed by atoms with Crippen LogP contribution in [0, 0.1) is 0 Å². The second kappa shape index (κ2) is 7.82. The zero-order chi connectivity index (χ0) is 13.0. The zero-order valence-corrected chi connectivity index (χ0v) is 12.7. The Balaban J connectivity index is 0.00000180. The number of nitrogens with two attached hydrogens (primary N) is 1. The van der Waals surface area contributed by atoms with Crippen LogP contribution in [-0.4, -0.2) is 23.0 Å². The summed E-state index contributed by atoms with van der Waals surface area (Å²) < 4.78 is 5.18. The number of rotatable bonds is 5. The number of hydrogen-bond donors (Lipinski definition) is 2. The lowest BCUT2D eigenvalue weighted by Gasteiger charge is -2.19. The van der Waals surface area contributed by atoms with Crippen LogP contribution < -0.4 is 11.1 Å². The molecule has 1 aromatic rings.